The molecule has 170 valence electrons. The maximum atomic E-state index is 13.0. The number of carbonyl (C=O) groups excluding carboxylic acids is 4. The zero-order valence-electron chi connectivity index (χ0n) is 18.4. The van der Waals surface area contributed by atoms with Gasteiger partial charge in [-0.15, -0.1) is 0 Å². The third-order valence-electron chi connectivity index (χ3n) is 7.28. The number of hydrogen-bond donors (Lipinski definition) is 1. The van der Waals surface area contributed by atoms with Crippen LogP contribution in [0.2, 0.25) is 0 Å². The van der Waals surface area contributed by atoms with E-state index in [1.54, 1.807) is 18.2 Å². The van der Waals surface area contributed by atoms with Gasteiger partial charge >= 0.3 is 5.97 Å². The molecule has 2 aromatic rings. The molecule has 33 heavy (non-hydrogen) atoms. The lowest BCUT2D eigenvalue weighted by atomic mass is 9.81. The van der Waals surface area contributed by atoms with Crippen LogP contribution in [0.4, 0.5) is 5.69 Å². The molecule has 5 rings (SSSR count). The zero-order valence-corrected chi connectivity index (χ0v) is 18.4. The first-order valence-electron chi connectivity index (χ1n) is 11.4. The molecule has 1 N–H and O–H groups in total. The fourth-order valence-electron chi connectivity index (χ4n) is 5.76. The number of imide groups is 1. The molecule has 7 heteroatoms. The molecule has 0 unspecified atom stereocenters. The molecule has 0 spiro atoms. The summed E-state index contributed by atoms with van der Waals surface area (Å²) in [5.41, 5.74) is 1.52. The number of hydrogen-bond acceptors (Lipinski definition) is 5. The van der Waals surface area contributed by atoms with Crippen molar-refractivity contribution in [3.05, 3.63) is 65.7 Å². The number of rotatable bonds is 6. The highest BCUT2D eigenvalue weighted by atomic mass is 16.5. The number of anilines is 1. The average molecular weight is 447 g/mol. The number of esters is 1. The van der Waals surface area contributed by atoms with Crippen molar-refractivity contribution in [2.45, 2.75) is 32.2 Å². The number of amides is 3. The van der Waals surface area contributed by atoms with Gasteiger partial charge in [-0.05, 0) is 61.8 Å². The van der Waals surface area contributed by atoms with E-state index < -0.39 is 18.5 Å². The van der Waals surface area contributed by atoms with Crippen molar-refractivity contribution in [1.82, 2.24) is 5.32 Å². The number of fused-ring (bicyclic) bond motifs is 5. The molecule has 1 saturated heterocycles. The number of carbonyl (C=O) groups is 4. The van der Waals surface area contributed by atoms with Crippen molar-refractivity contribution < 1.29 is 23.9 Å². The molecular weight excluding hydrogens is 420 g/mol. The summed E-state index contributed by atoms with van der Waals surface area (Å²) >= 11 is 0. The summed E-state index contributed by atoms with van der Waals surface area (Å²) in [5, 5.41) is 2.79. The van der Waals surface area contributed by atoms with Gasteiger partial charge in [0.2, 0.25) is 11.8 Å². The van der Waals surface area contributed by atoms with E-state index in [0.717, 1.165) is 24.8 Å². The second kappa shape index (κ2) is 8.46. The molecule has 5 atom stereocenters. The third-order valence-corrected chi connectivity index (χ3v) is 7.28. The molecule has 2 aliphatic carbocycles. The number of benzene rings is 2. The maximum Gasteiger partial charge on any atom is 0.338 e. The highest BCUT2D eigenvalue weighted by Gasteiger charge is 2.61. The Kier molecular flexibility index (Phi) is 5.48. The van der Waals surface area contributed by atoms with Gasteiger partial charge in [0.15, 0.2) is 6.61 Å². The molecule has 3 fully saturated rings. The predicted molar refractivity (Wildman–Crippen MR) is 120 cm³/mol. The summed E-state index contributed by atoms with van der Waals surface area (Å²) in [5.74, 6) is -1.25. The van der Waals surface area contributed by atoms with Crippen molar-refractivity contribution >= 4 is 29.4 Å². The van der Waals surface area contributed by atoms with E-state index in [-0.39, 0.29) is 35.3 Å². The van der Waals surface area contributed by atoms with Crippen LogP contribution in [0.3, 0.4) is 0 Å². The number of nitrogens with zero attached hydrogens (tertiary/aromatic N) is 1. The zero-order chi connectivity index (χ0) is 23.1. The van der Waals surface area contributed by atoms with Crippen LogP contribution in [0.1, 0.15) is 48.1 Å². The van der Waals surface area contributed by atoms with Crippen LogP contribution in [0.15, 0.2) is 54.6 Å². The Morgan fingerprint density at radius 2 is 1.67 bits per heavy atom. The Morgan fingerprint density at radius 1 is 1.00 bits per heavy atom. The first-order chi connectivity index (χ1) is 15.9. The normalized spacial score (nSPS) is 26.3. The van der Waals surface area contributed by atoms with E-state index >= 15 is 0 Å². The van der Waals surface area contributed by atoms with E-state index in [4.69, 9.17) is 4.74 Å². The molecular formula is C26H26N2O5. The third kappa shape index (κ3) is 3.81. The molecule has 0 radical (unpaired) electrons. The minimum atomic E-state index is -0.682. The predicted octanol–water partition coefficient (Wildman–Crippen LogP) is 3.26. The summed E-state index contributed by atoms with van der Waals surface area (Å²) in [4.78, 5) is 52.1. The van der Waals surface area contributed by atoms with E-state index in [1.807, 2.05) is 37.3 Å². The monoisotopic (exact) mass is 446 g/mol. The van der Waals surface area contributed by atoms with Gasteiger partial charge in [0.25, 0.3) is 5.91 Å². The van der Waals surface area contributed by atoms with Crippen LogP contribution < -0.4 is 10.2 Å². The molecule has 3 amide bonds. The largest absolute Gasteiger partial charge is 0.452 e. The highest BCUT2D eigenvalue weighted by Crippen LogP contribution is 2.56. The van der Waals surface area contributed by atoms with Gasteiger partial charge in [0.1, 0.15) is 0 Å². The second-order valence-corrected chi connectivity index (χ2v) is 9.22. The Bertz CT molecular complexity index is 1090. The lowest BCUT2D eigenvalue weighted by molar-refractivity contribution is -0.125. The lowest BCUT2D eigenvalue weighted by Gasteiger charge is -2.19. The van der Waals surface area contributed by atoms with Gasteiger partial charge in [-0.25, -0.2) is 4.79 Å². The second-order valence-electron chi connectivity index (χ2n) is 9.22. The summed E-state index contributed by atoms with van der Waals surface area (Å²) in [6.45, 7) is 1.43. The molecule has 1 aliphatic heterocycles. The van der Waals surface area contributed by atoms with Gasteiger partial charge in [0.05, 0.1) is 29.1 Å². The molecule has 1 heterocycles. The number of ether oxygens (including phenoxy) is 1. The maximum absolute atomic E-state index is 13.0. The Balaban J connectivity index is 1.22. The summed E-state index contributed by atoms with van der Waals surface area (Å²) in [6.07, 6.45) is 2.99. The van der Waals surface area contributed by atoms with Crippen LogP contribution in [0.25, 0.3) is 0 Å². The van der Waals surface area contributed by atoms with E-state index in [9.17, 15) is 19.2 Å². The minimum absolute atomic E-state index is 0.156. The molecule has 0 aromatic heterocycles. The highest BCUT2D eigenvalue weighted by molar-refractivity contribution is 6.22. The Labute approximate surface area is 192 Å². The van der Waals surface area contributed by atoms with Gasteiger partial charge < -0.3 is 10.1 Å². The van der Waals surface area contributed by atoms with Crippen molar-refractivity contribution in [2.75, 3.05) is 11.5 Å². The van der Waals surface area contributed by atoms with Gasteiger partial charge in [-0.1, -0.05) is 36.4 Å². The van der Waals surface area contributed by atoms with Crippen molar-refractivity contribution in [3.8, 4) is 0 Å². The first-order valence-corrected chi connectivity index (χ1v) is 11.4. The molecule has 2 saturated carbocycles. The minimum Gasteiger partial charge on any atom is -0.452 e. The molecule has 3 aliphatic rings. The average Bonchev–Trinajstić information content (AvgIpc) is 3.51. The van der Waals surface area contributed by atoms with E-state index in [2.05, 4.69) is 5.32 Å². The van der Waals surface area contributed by atoms with Crippen LogP contribution in [0.5, 0.6) is 0 Å². The molecule has 2 bridgehead atoms. The molecule has 2 aromatic carbocycles. The summed E-state index contributed by atoms with van der Waals surface area (Å²) in [6, 6.07) is 15.6. The summed E-state index contributed by atoms with van der Waals surface area (Å²) in [7, 11) is 0. The smallest absolute Gasteiger partial charge is 0.338 e. The fourth-order valence-corrected chi connectivity index (χ4v) is 5.76. The van der Waals surface area contributed by atoms with Gasteiger partial charge in [0, 0.05) is 0 Å². The summed E-state index contributed by atoms with van der Waals surface area (Å²) < 4.78 is 5.18. The standard InChI is InChI=1S/C26H26N2O5/c1-15(16-6-3-2-4-7-16)27-21(29)14-33-26(32)19-8-5-9-20(13-19)28-24(30)22-17-10-11-18(12-17)23(22)25(28)31/h2-9,13,15,17-18,22-23H,10-12,14H2,1H3,(H,27,29)/t15-,17-,18-,22-,23-/m0/s1. The van der Waals surface area contributed by atoms with Gasteiger partial charge in [-0.2, -0.15) is 0 Å². The van der Waals surface area contributed by atoms with Crippen LogP contribution in [-0.4, -0.2) is 30.3 Å². The Hall–Kier alpha value is -3.48. The Morgan fingerprint density at radius 3 is 2.33 bits per heavy atom. The van der Waals surface area contributed by atoms with Crippen molar-refractivity contribution in [1.29, 1.82) is 0 Å². The molecule has 7 nitrogen and oxygen atoms in total. The van der Waals surface area contributed by atoms with E-state index in [1.165, 1.54) is 11.0 Å². The van der Waals surface area contributed by atoms with Crippen molar-refractivity contribution in [3.63, 3.8) is 0 Å². The topological polar surface area (TPSA) is 92.8 Å². The van der Waals surface area contributed by atoms with Crippen molar-refractivity contribution in [2.24, 2.45) is 23.7 Å². The van der Waals surface area contributed by atoms with Crippen LogP contribution >= 0.6 is 0 Å². The van der Waals surface area contributed by atoms with E-state index in [0.29, 0.717) is 17.5 Å². The van der Waals surface area contributed by atoms with Crippen LogP contribution in [-0.2, 0) is 19.1 Å². The quantitative estimate of drug-likeness (QED) is 0.543. The number of nitrogens with one attached hydrogen (secondary N) is 1. The van der Waals surface area contributed by atoms with Crippen LogP contribution in [0, 0.1) is 23.7 Å². The lowest BCUT2D eigenvalue weighted by Crippen LogP contribution is -2.33. The fraction of sp³-hybridized carbons (Fsp3) is 0.385. The van der Waals surface area contributed by atoms with Gasteiger partial charge in [-0.3, -0.25) is 19.3 Å². The SMILES string of the molecule is C[C@H](NC(=O)COC(=O)c1cccc(N2C(=O)[C@H]3[C@H]4CC[C@@H](C4)[C@@H]3C2=O)c1)c1ccccc1. The first kappa shape index (κ1) is 21.4.